The van der Waals surface area contributed by atoms with Crippen molar-refractivity contribution >= 4 is 0 Å². The highest BCUT2D eigenvalue weighted by molar-refractivity contribution is 5.09. The van der Waals surface area contributed by atoms with Gasteiger partial charge in [0.05, 0.1) is 6.26 Å². The molecular formula is C9H14O. The first-order valence-corrected chi connectivity index (χ1v) is 3.63. The molecule has 0 saturated carbocycles. The minimum Gasteiger partial charge on any atom is -0.469 e. The largest absolute Gasteiger partial charge is 0.469 e. The number of hydrogen-bond donors (Lipinski definition) is 0. The molecule has 0 spiro atoms. The van der Waals surface area contributed by atoms with Crippen LogP contribution in [0.15, 0.2) is 24.2 Å². The van der Waals surface area contributed by atoms with Gasteiger partial charge in [0, 0.05) is 5.41 Å². The Morgan fingerprint density at radius 3 is 2.40 bits per heavy atom. The highest BCUT2D eigenvalue weighted by Gasteiger charge is 2.18. The van der Waals surface area contributed by atoms with Crippen molar-refractivity contribution in [1.82, 2.24) is 0 Å². The predicted octanol–water partition coefficient (Wildman–Crippen LogP) is 2.85. The summed E-state index contributed by atoms with van der Waals surface area (Å²) in [6.45, 7) is 6.45. The zero-order chi connectivity index (χ0) is 7.61. The van der Waals surface area contributed by atoms with Crippen molar-refractivity contribution in [2.24, 2.45) is 5.41 Å². The number of rotatable bonds is 0. The van der Waals surface area contributed by atoms with E-state index in [4.69, 9.17) is 4.74 Å². The Labute approximate surface area is 62.4 Å². The lowest BCUT2D eigenvalue weighted by atomic mass is 9.92. The average molecular weight is 138 g/mol. The molecule has 56 valence electrons. The molecule has 0 aromatic carbocycles. The fourth-order valence-corrected chi connectivity index (χ4v) is 0.883. The van der Waals surface area contributed by atoms with E-state index in [9.17, 15) is 0 Å². The SMILES string of the molecule is CC(C)(C)C1=CCC=CO1. The number of hydrogen-bond acceptors (Lipinski definition) is 1. The summed E-state index contributed by atoms with van der Waals surface area (Å²) in [5.41, 5.74) is 0.157. The van der Waals surface area contributed by atoms with Gasteiger partial charge < -0.3 is 4.74 Å². The van der Waals surface area contributed by atoms with Crippen molar-refractivity contribution in [2.45, 2.75) is 27.2 Å². The highest BCUT2D eigenvalue weighted by atomic mass is 16.5. The van der Waals surface area contributed by atoms with Crippen LogP contribution in [-0.4, -0.2) is 0 Å². The highest BCUT2D eigenvalue weighted by Crippen LogP contribution is 2.28. The Bertz CT molecular complexity index is 170. The Morgan fingerprint density at radius 1 is 1.40 bits per heavy atom. The van der Waals surface area contributed by atoms with Gasteiger partial charge in [-0.05, 0) is 18.6 Å². The molecule has 0 unspecified atom stereocenters. The first-order valence-electron chi connectivity index (χ1n) is 3.63. The zero-order valence-corrected chi connectivity index (χ0v) is 6.85. The summed E-state index contributed by atoms with van der Waals surface area (Å²) in [5.74, 6) is 1.08. The molecule has 0 saturated heterocycles. The smallest absolute Gasteiger partial charge is 0.105 e. The first-order chi connectivity index (χ1) is 4.61. The molecule has 1 heteroatoms. The van der Waals surface area contributed by atoms with Gasteiger partial charge in [-0.1, -0.05) is 20.8 Å². The summed E-state index contributed by atoms with van der Waals surface area (Å²) in [7, 11) is 0. The Balaban J connectivity index is 2.65. The molecule has 1 aliphatic heterocycles. The third-order valence-corrected chi connectivity index (χ3v) is 1.47. The van der Waals surface area contributed by atoms with Crippen molar-refractivity contribution in [3.63, 3.8) is 0 Å². The van der Waals surface area contributed by atoms with Gasteiger partial charge in [-0.25, -0.2) is 0 Å². The van der Waals surface area contributed by atoms with Crippen molar-refractivity contribution in [2.75, 3.05) is 0 Å². The van der Waals surface area contributed by atoms with E-state index in [1.165, 1.54) is 0 Å². The summed E-state index contributed by atoms with van der Waals surface area (Å²) >= 11 is 0. The topological polar surface area (TPSA) is 9.23 Å². The molecule has 0 amide bonds. The van der Waals surface area contributed by atoms with Crippen molar-refractivity contribution in [3.8, 4) is 0 Å². The lowest BCUT2D eigenvalue weighted by Gasteiger charge is -2.22. The minimum atomic E-state index is 0.157. The van der Waals surface area contributed by atoms with Gasteiger partial charge in [-0.2, -0.15) is 0 Å². The maximum absolute atomic E-state index is 5.32. The van der Waals surface area contributed by atoms with Gasteiger partial charge in [0.25, 0.3) is 0 Å². The molecule has 1 aliphatic rings. The second kappa shape index (κ2) is 2.49. The molecule has 1 nitrogen and oxygen atoms in total. The van der Waals surface area contributed by atoms with Gasteiger partial charge in [0.1, 0.15) is 5.76 Å². The molecule has 0 bridgehead atoms. The monoisotopic (exact) mass is 138 g/mol. The fraction of sp³-hybridized carbons (Fsp3) is 0.556. The molecular weight excluding hydrogens is 124 g/mol. The van der Waals surface area contributed by atoms with Crippen LogP contribution in [0.2, 0.25) is 0 Å². The van der Waals surface area contributed by atoms with Crippen LogP contribution in [0, 0.1) is 5.41 Å². The molecule has 1 heterocycles. The third-order valence-electron chi connectivity index (χ3n) is 1.47. The van der Waals surface area contributed by atoms with E-state index in [1.807, 2.05) is 6.08 Å². The van der Waals surface area contributed by atoms with E-state index < -0.39 is 0 Å². The molecule has 0 atom stereocenters. The third kappa shape index (κ3) is 1.63. The maximum atomic E-state index is 5.32. The molecule has 0 radical (unpaired) electrons. The fourth-order valence-electron chi connectivity index (χ4n) is 0.883. The Morgan fingerprint density at radius 2 is 2.10 bits per heavy atom. The predicted molar refractivity (Wildman–Crippen MR) is 42.4 cm³/mol. The van der Waals surface area contributed by atoms with Crippen LogP contribution in [0.1, 0.15) is 27.2 Å². The average Bonchev–Trinajstić information content (AvgIpc) is 1.88. The van der Waals surface area contributed by atoms with Gasteiger partial charge in [-0.3, -0.25) is 0 Å². The molecule has 0 aromatic rings. The molecule has 0 fully saturated rings. The lowest BCUT2D eigenvalue weighted by Crippen LogP contribution is -2.11. The van der Waals surface area contributed by atoms with Crippen LogP contribution >= 0.6 is 0 Å². The molecule has 1 rings (SSSR count). The van der Waals surface area contributed by atoms with E-state index in [0.717, 1.165) is 12.2 Å². The zero-order valence-electron chi connectivity index (χ0n) is 6.85. The second-order valence-corrected chi connectivity index (χ2v) is 3.54. The van der Waals surface area contributed by atoms with Crippen LogP contribution in [0.4, 0.5) is 0 Å². The summed E-state index contributed by atoms with van der Waals surface area (Å²) in [4.78, 5) is 0. The van der Waals surface area contributed by atoms with Gasteiger partial charge in [0.15, 0.2) is 0 Å². The number of allylic oxidation sites excluding steroid dienone is 3. The van der Waals surface area contributed by atoms with Crippen LogP contribution < -0.4 is 0 Å². The summed E-state index contributed by atoms with van der Waals surface area (Å²) in [6.07, 6.45) is 6.91. The van der Waals surface area contributed by atoms with Crippen molar-refractivity contribution in [3.05, 3.63) is 24.2 Å². The molecule has 0 aromatic heterocycles. The van der Waals surface area contributed by atoms with E-state index >= 15 is 0 Å². The normalized spacial score (nSPS) is 18.1. The van der Waals surface area contributed by atoms with Crippen LogP contribution in [0.25, 0.3) is 0 Å². The van der Waals surface area contributed by atoms with E-state index in [1.54, 1.807) is 6.26 Å². The maximum Gasteiger partial charge on any atom is 0.105 e. The van der Waals surface area contributed by atoms with Crippen LogP contribution in [-0.2, 0) is 4.74 Å². The van der Waals surface area contributed by atoms with E-state index in [2.05, 4.69) is 26.8 Å². The molecule has 0 aliphatic carbocycles. The second-order valence-electron chi connectivity index (χ2n) is 3.54. The Hall–Kier alpha value is -0.720. The van der Waals surface area contributed by atoms with E-state index in [0.29, 0.717) is 0 Å². The van der Waals surface area contributed by atoms with Crippen molar-refractivity contribution in [1.29, 1.82) is 0 Å². The summed E-state index contributed by atoms with van der Waals surface area (Å²) < 4.78 is 5.32. The first kappa shape index (κ1) is 7.39. The molecule has 0 N–H and O–H groups in total. The van der Waals surface area contributed by atoms with Crippen LogP contribution in [0.5, 0.6) is 0 Å². The van der Waals surface area contributed by atoms with Gasteiger partial charge in [0.2, 0.25) is 0 Å². The van der Waals surface area contributed by atoms with Crippen molar-refractivity contribution < 1.29 is 4.74 Å². The summed E-state index contributed by atoms with van der Waals surface area (Å²) in [6, 6.07) is 0. The van der Waals surface area contributed by atoms with Gasteiger partial charge in [-0.15, -0.1) is 0 Å². The number of ether oxygens (including phenoxy) is 1. The molecule has 10 heavy (non-hydrogen) atoms. The quantitative estimate of drug-likeness (QED) is 0.500. The van der Waals surface area contributed by atoms with Crippen LogP contribution in [0.3, 0.4) is 0 Å². The standard InChI is InChI=1S/C9H14O/c1-9(2,3)8-6-4-5-7-10-8/h5-7H,4H2,1-3H3. The lowest BCUT2D eigenvalue weighted by molar-refractivity contribution is 0.239. The van der Waals surface area contributed by atoms with E-state index in [-0.39, 0.29) is 5.41 Å². The Kier molecular flexibility index (Phi) is 1.84. The minimum absolute atomic E-state index is 0.157. The summed E-state index contributed by atoms with van der Waals surface area (Å²) in [5, 5.41) is 0. The van der Waals surface area contributed by atoms with Gasteiger partial charge >= 0.3 is 0 Å².